The van der Waals surface area contributed by atoms with Gasteiger partial charge in [0.25, 0.3) is 0 Å². The molecule has 11 rings (SSSR count). The van der Waals surface area contributed by atoms with Crippen molar-refractivity contribution in [2.75, 3.05) is 4.90 Å². The third-order valence-corrected chi connectivity index (χ3v) is 21.6. The van der Waals surface area contributed by atoms with E-state index >= 15 is 0 Å². The molecule has 250 valence electrons. The summed E-state index contributed by atoms with van der Waals surface area (Å²) in [5.41, 5.74) is 5.16. The third kappa shape index (κ3) is 4.58. The van der Waals surface area contributed by atoms with E-state index in [2.05, 4.69) is 193 Å². The van der Waals surface area contributed by atoms with E-state index in [0.29, 0.717) is 0 Å². The van der Waals surface area contributed by atoms with Crippen molar-refractivity contribution in [2.24, 2.45) is 0 Å². The predicted octanol–water partition coefficient (Wildman–Crippen LogP) is 7.46. The van der Waals surface area contributed by atoms with Gasteiger partial charge in [0, 0.05) is 43.7 Å². The summed E-state index contributed by atoms with van der Waals surface area (Å²) in [6.07, 6.45) is 0. The van der Waals surface area contributed by atoms with Gasteiger partial charge in [0.15, 0.2) is 8.07 Å². The molecule has 0 saturated heterocycles. The van der Waals surface area contributed by atoms with Gasteiger partial charge in [-0.3, -0.25) is 0 Å². The van der Waals surface area contributed by atoms with Crippen molar-refractivity contribution in [3.05, 3.63) is 194 Å². The molecule has 2 aliphatic heterocycles. The fourth-order valence-corrected chi connectivity index (χ4v) is 21.5. The average Bonchev–Trinajstić information content (AvgIpc) is 3.60. The van der Waals surface area contributed by atoms with Crippen molar-refractivity contribution in [3.8, 4) is 0 Å². The smallest absolute Gasteiger partial charge is 0.181 e. The molecule has 1 aromatic heterocycles. The quantitative estimate of drug-likeness (QED) is 0.175. The Bertz CT molecular complexity index is 2810. The lowest BCUT2D eigenvalue weighted by atomic mass is 10.1. The van der Waals surface area contributed by atoms with Crippen LogP contribution in [0.15, 0.2) is 208 Å². The van der Waals surface area contributed by atoms with E-state index in [1.165, 1.54) is 35.7 Å². The standard InChI is InChI=1S/C48H33NOSSi2/c1-3-15-33(16-4-1)49(34-27-29-38-37-19-7-8-20-39(37)50-40(38)31-34)35-28-30-44-48(32-35)53(45-24-12-9-21-41(45)51-42-22-10-13-25-46(42)53)47-26-14-11-23-43(47)52(44)36-17-5-2-6-18-36/h1-32,52H. The van der Waals surface area contributed by atoms with Crippen LogP contribution in [-0.2, 0) is 0 Å². The summed E-state index contributed by atoms with van der Waals surface area (Å²) in [6, 6.07) is 72.6. The first-order chi connectivity index (χ1) is 26.3. The van der Waals surface area contributed by atoms with Crippen molar-refractivity contribution in [1.29, 1.82) is 0 Å². The number of anilines is 3. The molecule has 0 aliphatic carbocycles. The molecule has 0 N–H and O–H groups in total. The van der Waals surface area contributed by atoms with Gasteiger partial charge in [-0.1, -0.05) is 161 Å². The average molecular weight is 728 g/mol. The molecule has 1 unspecified atom stereocenters. The lowest BCUT2D eigenvalue weighted by Crippen LogP contribution is -2.87. The third-order valence-electron chi connectivity index (χ3n) is 11.3. The molecular formula is C48H33NOSSi2. The van der Waals surface area contributed by atoms with Crippen LogP contribution in [-0.4, -0.2) is 16.9 Å². The van der Waals surface area contributed by atoms with Crippen LogP contribution in [0.2, 0.25) is 0 Å². The lowest BCUT2D eigenvalue weighted by Gasteiger charge is -2.46. The van der Waals surface area contributed by atoms with Crippen LogP contribution < -0.4 is 41.2 Å². The summed E-state index contributed by atoms with van der Waals surface area (Å²) < 4.78 is 6.46. The Hall–Kier alpha value is -5.86. The highest BCUT2D eigenvalue weighted by atomic mass is 32.2. The Balaban J connectivity index is 1.23. The maximum Gasteiger partial charge on any atom is 0.181 e. The number of hydrogen-bond acceptors (Lipinski definition) is 3. The first-order valence-electron chi connectivity index (χ1n) is 18.2. The minimum atomic E-state index is -2.80. The van der Waals surface area contributed by atoms with Crippen molar-refractivity contribution in [3.63, 3.8) is 0 Å². The highest BCUT2D eigenvalue weighted by molar-refractivity contribution is 8.00. The number of benzene rings is 8. The first kappa shape index (κ1) is 30.7. The van der Waals surface area contributed by atoms with Gasteiger partial charge in [-0.2, -0.15) is 0 Å². The molecule has 3 heterocycles. The summed E-state index contributed by atoms with van der Waals surface area (Å²) in [6.45, 7) is 0. The van der Waals surface area contributed by atoms with Crippen molar-refractivity contribution >= 4 is 104 Å². The molecule has 0 fully saturated rings. The normalized spacial score (nSPS) is 15.1. The second-order valence-electron chi connectivity index (χ2n) is 14.0. The Morgan fingerprint density at radius 3 is 1.75 bits per heavy atom. The minimum absolute atomic E-state index is 0.895. The van der Waals surface area contributed by atoms with E-state index in [9.17, 15) is 0 Å². The topological polar surface area (TPSA) is 16.4 Å². The van der Waals surface area contributed by atoms with E-state index < -0.39 is 16.9 Å². The second-order valence-corrected chi connectivity index (χ2v) is 21.5. The number of furan rings is 1. The summed E-state index contributed by atoms with van der Waals surface area (Å²) in [5.74, 6) is 0. The van der Waals surface area contributed by atoms with Crippen LogP contribution in [0, 0.1) is 0 Å². The van der Waals surface area contributed by atoms with Gasteiger partial charge >= 0.3 is 0 Å². The van der Waals surface area contributed by atoms with Crippen LogP contribution in [0.1, 0.15) is 0 Å². The number of hydrogen-bond donors (Lipinski definition) is 0. The zero-order chi connectivity index (χ0) is 34.9. The zero-order valence-electron chi connectivity index (χ0n) is 28.8. The van der Waals surface area contributed by atoms with E-state index in [1.807, 2.05) is 17.8 Å². The number of fused-ring (bicyclic) bond motifs is 11. The SMILES string of the molecule is c1ccc(N(c2ccc3c(c2)[Si]2(c4ccccc4Sc4ccccc42)c2ccccc2[SiH]3c2ccccc2)c2ccc3c(c2)oc2ccccc23)cc1. The fraction of sp³-hybridized carbons (Fsp3) is 0. The largest absolute Gasteiger partial charge is 0.456 e. The maximum absolute atomic E-state index is 6.46. The molecule has 53 heavy (non-hydrogen) atoms. The van der Waals surface area contributed by atoms with Gasteiger partial charge in [-0.25, -0.2) is 0 Å². The van der Waals surface area contributed by atoms with Crippen LogP contribution in [0.5, 0.6) is 0 Å². The van der Waals surface area contributed by atoms with Crippen molar-refractivity contribution < 1.29 is 4.42 Å². The highest BCUT2D eigenvalue weighted by Gasteiger charge is 2.53. The molecular weight excluding hydrogens is 695 g/mol. The molecule has 5 heteroatoms. The van der Waals surface area contributed by atoms with Crippen LogP contribution in [0.4, 0.5) is 17.1 Å². The number of rotatable bonds is 4. The monoisotopic (exact) mass is 727 g/mol. The Kier molecular flexibility index (Phi) is 7.02. The molecule has 1 atom stereocenters. The first-order valence-corrected chi connectivity index (χ1v) is 22.8. The van der Waals surface area contributed by atoms with E-state index in [-0.39, 0.29) is 0 Å². The number of para-hydroxylation sites is 2. The van der Waals surface area contributed by atoms with Crippen LogP contribution in [0.25, 0.3) is 21.9 Å². The van der Waals surface area contributed by atoms with Crippen LogP contribution in [0.3, 0.4) is 0 Å². The summed E-state index contributed by atoms with van der Waals surface area (Å²) in [7, 11) is -4.66. The molecule has 9 aromatic rings. The summed E-state index contributed by atoms with van der Waals surface area (Å²) in [4.78, 5) is 5.17. The summed E-state index contributed by atoms with van der Waals surface area (Å²) >= 11 is 1.93. The molecule has 0 bridgehead atoms. The highest BCUT2D eigenvalue weighted by Crippen LogP contribution is 2.39. The van der Waals surface area contributed by atoms with Gasteiger partial charge < -0.3 is 9.32 Å². The molecule has 0 radical (unpaired) electrons. The van der Waals surface area contributed by atoms with Gasteiger partial charge in [-0.05, 0) is 75.3 Å². The fourth-order valence-electron chi connectivity index (χ4n) is 9.12. The van der Waals surface area contributed by atoms with Gasteiger partial charge in [0.05, 0.1) is 0 Å². The molecule has 2 nitrogen and oxygen atoms in total. The van der Waals surface area contributed by atoms with E-state index in [4.69, 9.17) is 4.42 Å². The van der Waals surface area contributed by atoms with Crippen molar-refractivity contribution in [1.82, 2.24) is 0 Å². The predicted molar refractivity (Wildman–Crippen MR) is 229 cm³/mol. The molecule has 2 aliphatic rings. The molecule has 8 aromatic carbocycles. The van der Waals surface area contributed by atoms with Crippen molar-refractivity contribution in [2.45, 2.75) is 9.79 Å². The van der Waals surface area contributed by atoms with E-state index in [0.717, 1.165) is 39.0 Å². The van der Waals surface area contributed by atoms with Gasteiger partial charge in [-0.15, -0.1) is 0 Å². The lowest BCUT2D eigenvalue weighted by molar-refractivity contribution is 0.669. The van der Waals surface area contributed by atoms with E-state index in [1.54, 1.807) is 10.4 Å². The molecule has 1 spiro atoms. The zero-order valence-corrected chi connectivity index (χ0v) is 31.8. The van der Waals surface area contributed by atoms with Gasteiger partial charge in [0.1, 0.15) is 20.0 Å². The Morgan fingerprint density at radius 1 is 0.415 bits per heavy atom. The Labute approximate surface area is 315 Å². The van der Waals surface area contributed by atoms with Crippen LogP contribution >= 0.6 is 11.8 Å². The van der Waals surface area contributed by atoms with Gasteiger partial charge in [0.2, 0.25) is 0 Å². The molecule has 0 amide bonds. The minimum Gasteiger partial charge on any atom is -0.456 e. The maximum atomic E-state index is 6.46. The summed E-state index contributed by atoms with van der Waals surface area (Å²) in [5, 5.41) is 12.9. The second kappa shape index (κ2) is 12.1. The Morgan fingerprint density at radius 2 is 0.981 bits per heavy atom. The number of nitrogens with zero attached hydrogens (tertiary/aromatic N) is 1. The molecule has 0 saturated carbocycles.